The Balaban J connectivity index is 2.11. The summed E-state index contributed by atoms with van der Waals surface area (Å²) in [6.07, 6.45) is 6.31. The van der Waals surface area contributed by atoms with Gasteiger partial charge in [-0.1, -0.05) is 49.6 Å². The van der Waals surface area contributed by atoms with E-state index in [-0.39, 0.29) is 11.3 Å². The molecule has 0 amide bonds. The van der Waals surface area contributed by atoms with Crippen LogP contribution in [0, 0.1) is 11.3 Å². The molecule has 0 aliphatic heterocycles. The predicted molar refractivity (Wildman–Crippen MR) is 79.3 cm³/mol. The lowest BCUT2D eigenvalue weighted by atomic mass is 9.60. The SMILES string of the molecule is C=CC1(C2C(=O)C(=O)c3ccccc3C2=O)CCCCC1. The van der Waals surface area contributed by atoms with Gasteiger partial charge in [0.2, 0.25) is 11.6 Å². The molecule has 1 atom stereocenters. The summed E-state index contributed by atoms with van der Waals surface area (Å²) in [5, 5.41) is 0. The highest BCUT2D eigenvalue weighted by Crippen LogP contribution is 2.47. The molecule has 0 N–H and O–H groups in total. The lowest BCUT2D eigenvalue weighted by molar-refractivity contribution is -0.120. The third-order valence-electron chi connectivity index (χ3n) is 4.95. The molecule has 21 heavy (non-hydrogen) atoms. The van der Waals surface area contributed by atoms with Crippen molar-refractivity contribution in [3.8, 4) is 0 Å². The molecule has 1 aromatic rings. The van der Waals surface area contributed by atoms with Gasteiger partial charge in [-0.25, -0.2) is 0 Å². The number of rotatable bonds is 2. The Bertz CT molecular complexity index is 636. The van der Waals surface area contributed by atoms with Gasteiger partial charge in [-0.3, -0.25) is 14.4 Å². The van der Waals surface area contributed by atoms with Crippen molar-refractivity contribution in [2.45, 2.75) is 32.1 Å². The van der Waals surface area contributed by atoms with E-state index in [1.807, 2.05) is 0 Å². The van der Waals surface area contributed by atoms with Gasteiger partial charge < -0.3 is 0 Å². The number of allylic oxidation sites excluding steroid dienone is 1. The Morgan fingerprint density at radius 3 is 2.19 bits per heavy atom. The fraction of sp³-hybridized carbons (Fsp3) is 0.389. The molecular weight excluding hydrogens is 264 g/mol. The molecule has 0 saturated heterocycles. The number of carbonyl (C=O) groups is 3. The van der Waals surface area contributed by atoms with Crippen LogP contribution >= 0.6 is 0 Å². The molecule has 0 radical (unpaired) electrons. The Morgan fingerprint density at radius 1 is 0.952 bits per heavy atom. The smallest absolute Gasteiger partial charge is 0.230 e. The Hall–Kier alpha value is -2.03. The maximum Gasteiger partial charge on any atom is 0.230 e. The van der Waals surface area contributed by atoms with E-state index in [4.69, 9.17) is 0 Å². The van der Waals surface area contributed by atoms with Gasteiger partial charge in [0.1, 0.15) is 0 Å². The average Bonchev–Trinajstić information content (AvgIpc) is 2.54. The summed E-state index contributed by atoms with van der Waals surface area (Å²) in [6.45, 7) is 3.87. The van der Waals surface area contributed by atoms with Crippen molar-refractivity contribution in [1.29, 1.82) is 0 Å². The highest BCUT2D eigenvalue weighted by Gasteiger charge is 2.51. The molecule has 3 heteroatoms. The molecule has 108 valence electrons. The quantitative estimate of drug-likeness (QED) is 0.474. The summed E-state index contributed by atoms with van der Waals surface area (Å²) >= 11 is 0. The van der Waals surface area contributed by atoms with Crippen molar-refractivity contribution in [1.82, 2.24) is 0 Å². The highest BCUT2D eigenvalue weighted by molar-refractivity contribution is 6.52. The van der Waals surface area contributed by atoms with Gasteiger partial charge in [0, 0.05) is 16.5 Å². The van der Waals surface area contributed by atoms with Crippen molar-refractivity contribution in [2.24, 2.45) is 11.3 Å². The van der Waals surface area contributed by atoms with Crippen LogP contribution in [0.1, 0.15) is 52.8 Å². The Morgan fingerprint density at radius 2 is 1.57 bits per heavy atom. The summed E-state index contributed by atoms with van der Waals surface area (Å²) < 4.78 is 0. The van der Waals surface area contributed by atoms with E-state index < -0.39 is 22.9 Å². The monoisotopic (exact) mass is 282 g/mol. The first kappa shape index (κ1) is 13.9. The number of hydrogen-bond acceptors (Lipinski definition) is 3. The van der Waals surface area contributed by atoms with E-state index in [9.17, 15) is 14.4 Å². The minimum absolute atomic E-state index is 0.211. The molecule has 1 saturated carbocycles. The molecule has 0 bridgehead atoms. The van der Waals surface area contributed by atoms with Crippen LogP contribution in [0.5, 0.6) is 0 Å². The molecule has 3 rings (SSSR count). The fourth-order valence-electron chi connectivity index (χ4n) is 3.78. The summed E-state index contributed by atoms with van der Waals surface area (Å²) in [4.78, 5) is 37.7. The third-order valence-corrected chi connectivity index (χ3v) is 4.95. The first-order valence-electron chi connectivity index (χ1n) is 7.46. The summed E-state index contributed by atoms with van der Waals surface area (Å²) in [6, 6.07) is 6.62. The molecule has 1 unspecified atom stereocenters. The van der Waals surface area contributed by atoms with E-state index in [0.29, 0.717) is 5.56 Å². The average molecular weight is 282 g/mol. The van der Waals surface area contributed by atoms with Crippen LogP contribution in [0.2, 0.25) is 0 Å². The van der Waals surface area contributed by atoms with Crippen LogP contribution in [-0.2, 0) is 4.79 Å². The van der Waals surface area contributed by atoms with Crippen molar-refractivity contribution < 1.29 is 14.4 Å². The van der Waals surface area contributed by atoms with Gasteiger partial charge >= 0.3 is 0 Å². The zero-order valence-electron chi connectivity index (χ0n) is 11.9. The van der Waals surface area contributed by atoms with Crippen molar-refractivity contribution in [3.63, 3.8) is 0 Å². The van der Waals surface area contributed by atoms with Gasteiger partial charge in [0.25, 0.3) is 0 Å². The maximum atomic E-state index is 12.8. The summed E-state index contributed by atoms with van der Waals surface area (Å²) in [5.41, 5.74) is 0.0907. The fourth-order valence-corrected chi connectivity index (χ4v) is 3.78. The van der Waals surface area contributed by atoms with Crippen LogP contribution in [-0.4, -0.2) is 17.3 Å². The Labute approximate surface area is 124 Å². The molecule has 0 heterocycles. The molecular formula is C18H18O3. The number of carbonyl (C=O) groups excluding carboxylic acids is 3. The van der Waals surface area contributed by atoms with Crippen LogP contribution in [0.4, 0.5) is 0 Å². The van der Waals surface area contributed by atoms with Gasteiger partial charge in [-0.2, -0.15) is 0 Å². The van der Waals surface area contributed by atoms with Crippen molar-refractivity contribution >= 4 is 17.3 Å². The zero-order chi connectivity index (χ0) is 15.0. The van der Waals surface area contributed by atoms with Crippen molar-refractivity contribution in [2.75, 3.05) is 0 Å². The van der Waals surface area contributed by atoms with E-state index in [1.54, 1.807) is 30.3 Å². The number of benzene rings is 1. The van der Waals surface area contributed by atoms with Crippen LogP contribution in [0.3, 0.4) is 0 Å². The van der Waals surface area contributed by atoms with Gasteiger partial charge in [-0.05, 0) is 12.8 Å². The third kappa shape index (κ3) is 1.99. The van der Waals surface area contributed by atoms with E-state index in [1.165, 1.54) is 0 Å². The largest absolute Gasteiger partial charge is 0.293 e. The van der Waals surface area contributed by atoms with E-state index in [0.717, 1.165) is 32.1 Å². The molecule has 0 spiro atoms. The predicted octanol–water partition coefficient (Wildman–Crippen LogP) is 3.39. The maximum absolute atomic E-state index is 12.8. The minimum Gasteiger partial charge on any atom is -0.293 e. The molecule has 2 aliphatic carbocycles. The van der Waals surface area contributed by atoms with Gasteiger partial charge in [0.05, 0.1) is 5.92 Å². The topological polar surface area (TPSA) is 51.2 Å². The number of ketones is 3. The zero-order valence-corrected chi connectivity index (χ0v) is 11.9. The molecule has 1 fully saturated rings. The molecule has 2 aliphatic rings. The van der Waals surface area contributed by atoms with Gasteiger partial charge in [0.15, 0.2) is 5.78 Å². The first-order chi connectivity index (χ1) is 10.1. The summed E-state index contributed by atoms with van der Waals surface area (Å²) in [5.74, 6) is -2.17. The van der Waals surface area contributed by atoms with Crippen LogP contribution in [0.15, 0.2) is 36.9 Å². The van der Waals surface area contributed by atoms with Crippen LogP contribution < -0.4 is 0 Å². The normalized spacial score (nSPS) is 24.6. The molecule has 0 aromatic heterocycles. The highest BCUT2D eigenvalue weighted by atomic mass is 16.2. The second-order valence-corrected chi connectivity index (χ2v) is 6.03. The Kier molecular flexibility index (Phi) is 3.36. The summed E-state index contributed by atoms with van der Waals surface area (Å²) in [7, 11) is 0. The standard InChI is InChI=1S/C18H18O3/c1-2-18(10-6-3-7-11-18)14-15(19)12-8-4-5-9-13(12)16(20)17(14)21/h2,4-5,8-9,14H,1,3,6-7,10-11H2. The second kappa shape index (κ2) is 5.06. The van der Waals surface area contributed by atoms with E-state index >= 15 is 0 Å². The van der Waals surface area contributed by atoms with Crippen molar-refractivity contribution in [3.05, 3.63) is 48.0 Å². The second-order valence-electron chi connectivity index (χ2n) is 6.03. The van der Waals surface area contributed by atoms with E-state index in [2.05, 4.69) is 6.58 Å². The van der Waals surface area contributed by atoms with Crippen LogP contribution in [0.25, 0.3) is 0 Å². The lowest BCUT2D eigenvalue weighted by Gasteiger charge is -2.41. The molecule has 3 nitrogen and oxygen atoms in total. The number of fused-ring (bicyclic) bond motifs is 1. The number of hydrogen-bond donors (Lipinski definition) is 0. The minimum atomic E-state index is -0.877. The van der Waals surface area contributed by atoms with Gasteiger partial charge in [-0.15, -0.1) is 6.58 Å². The number of Topliss-reactive ketones (excluding diaryl/α,β-unsaturated/α-hetero) is 3. The molecule has 1 aromatic carbocycles. The first-order valence-corrected chi connectivity index (χ1v) is 7.46. The lowest BCUT2D eigenvalue weighted by Crippen LogP contribution is -2.47.